The maximum Gasteiger partial charge on any atom is 0.185 e. The maximum atomic E-state index is 10.9. The average molecular weight is 329 g/mol. The molecule has 2 aromatic rings. The van der Waals surface area contributed by atoms with Crippen molar-refractivity contribution >= 4 is 28.5 Å². The molecule has 0 saturated carbocycles. The summed E-state index contributed by atoms with van der Waals surface area (Å²) in [5, 5.41) is 31.6. The Hall–Kier alpha value is -1.48. The number of aliphatic hydroxyl groups excluding tert-OH is 2. The third kappa shape index (κ3) is 4.24. The van der Waals surface area contributed by atoms with Gasteiger partial charge in [-0.15, -0.1) is 10.2 Å². The normalized spacial score (nSPS) is 13.9. The van der Waals surface area contributed by atoms with Crippen molar-refractivity contribution in [1.29, 1.82) is 0 Å². The molecule has 0 fully saturated rings. The van der Waals surface area contributed by atoms with Gasteiger partial charge in [-0.05, 0) is 12.1 Å². The summed E-state index contributed by atoms with van der Waals surface area (Å²) in [6, 6.07) is 3.19. The number of nitrogens with zero attached hydrogens (tertiary/aromatic N) is 4. The van der Waals surface area contributed by atoms with Gasteiger partial charge in [0.25, 0.3) is 0 Å². The summed E-state index contributed by atoms with van der Waals surface area (Å²) in [6.45, 7) is 1.40. The van der Waals surface area contributed by atoms with Gasteiger partial charge in [-0.2, -0.15) is 5.10 Å². The number of thioether (sulfide) groups is 1. The first kappa shape index (κ1) is 15.9. The third-order valence-electron chi connectivity index (χ3n) is 2.62. The Morgan fingerprint density at radius 3 is 2.81 bits per heavy atom. The molecule has 2 unspecified atom stereocenters. The molecule has 2 rings (SSSR count). The van der Waals surface area contributed by atoms with Gasteiger partial charge in [0.05, 0.1) is 12.3 Å². The Kier molecular flexibility index (Phi) is 5.29. The Morgan fingerprint density at radius 1 is 1.43 bits per heavy atom. The van der Waals surface area contributed by atoms with Crippen molar-refractivity contribution in [3.8, 4) is 5.82 Å². The summed E-state index contributed by atoms with van der Waals surface area (Å²) in [5.41, 5.74) is 0.420. The second kappa shape index (κ2) is 6.99. The Balaban J connectivity index is 2.08. The molecular weight excluding hydrogens is 316 g/mol. The molecule has 0 saturated heterocycles. The zero-order chi connectivity index (χ0) is 15.4. The summed E-state index contributed by atoms with van der Waals surface area (Å²) in [7, 11) is 0. The van der Waals surface area contributed by atoms with E-state index in [1.165, 1.54) is 24.0 Å². The minimum absolute atomic E-state index is 0.114. The number of hydrogen-bond acceptors (Lipinski definition) is 7. The molecule has 2 heterocycles. The molecule has 0 aliphatic heterocycles. The van der Waals surface area contributed by atoms with Crippen LogP contribution in [0.3, 0.4) is 0 Å². The molecule has 7 nitrogen and oxygen atoms in total. The lowest BCUT2D eigenvalue weighted by Crippen LogP contribution is -2.21. The summed E-state index contributed by atoms with van der Waals surface area (Å²) >= 11 is 6.60. The number of carbonyl (C=O) groups excluding carboxylic acids is 1. The fourth-order valence-electron chi connectivity index (χ4n) is 1.56. The van der Waals surface area contributed by atoms with Gasteiger partial charge in [0, 0.05) is 24.4 Å². The van der Waals surface area contributed by atoms with Crippen LogP contribution >= 0.6 is 23.4 Å². The lowest BCUT2D eigenvalue weighted by molar-refractivity contribution is -0.109. The molecule has 0 aliphatic rings. The van der Waals surface area contributed by atoms with Crippen LogP contribution in [0.4, 0.5) is 0 Å². The zero-order valence-corrected chi connectivity index (χ0v) is 12.6. The molecule has 0 radical (unpaired) electrons. The van der Waals surface area contributed by atoms with Gasteiger partial charge in [-0.25, -0.2) is 4.68 Å². The van der Waals surface area contributed by atoms with Gasteiger partial charge in [-0.3, -0.25) is 4.79 Å². The highest BCUT2D eigenvalue weighted by Crippen LogP contribution is 2.20. The average Bonchev–Trinajstić information content (AvgIpc) is 2.94. The van der Waals surface area contributed by atoms with Gasteiger partial charge in [0.2, 0.25) is 0 Å². The zero-order valence-electron chi connectivity index (χ0n) is 11.0. The highest BCUT2D eigenvalue weighted by atomic mass is 35.5. The fourth-order valence-corrected chi connectivity index (χ4v) is 2.25. The Morgan fingerprint density at radius 2 is 2.19 bits per heavy atom. The number of halogens is 1. The van der Waals surface area contributed by atoms with E-state index in [4.69, 9.17) is 11.6 Å². The third-order valence-corrected chi connectivity index (χ3v) is 3.73. The molecule has 0 aromatic carbocycles. The lowest BCUT2D eigenvalue weighted by atomic mass is 10.1. The molecule has 2 aromatic heterocycles. The van der Waals surface area contributed by atoms with Crippen LogP contribution in [0.1, 0.15) is 18.6 Å². The van der Waals surface area contributed by atoms with Crippen molar-refractivity contribution in [2.75, 3.05) is 5.75 Å². The number of carbonyl (C=O) groups is 1. The second-order valence-corrected chi connectivity index (χ2v) is 5.83. The predicted molar refractivity (Wildman–Crippen MR) is 78.3 cm³/mol. The maximum absolute atomic E-state index is 10.9. The van der Waals surface area contributed by atoms with Crippen LogP contribution in [0.2, 0.25) is 5.15 Å². The smallest absolute Gasteiger partial charge is 0.185 e. The first-order chi connectivity index (χ1) is 9.97. The van der Waals surface area contributed by atoms with E-state index in [0.717, 1.165) is 11.8 Å². The highest BCUT2D eigenvalue weighted by molar-refractivity contribution is 8.13. The number of rotatable bonds is 5. The van der Waals surface area contributed by atoms with Crippen molar-refractivity contribution in [3.05, 3.63) is 35.2 Å². The fraction of sp³-hybridized carbons (Fsp3) is 0.333. The van der Waals surface area contributed by atoms with E-state index >= 15 is 0 Å². The quantitative estimate of drug-likeness (QED) is 0.844. The van der Waals surface area contributed by atoms with Crippen molar-refractivity contribution in [2.24, 2.45) is 0 Å². The number of aliphatic hydroxyl groups is 2. The first-order valence-corrected chi connectivity index (χ1v) is 7.37. The van der Waals surface area contributed by atoms with E-state index in [9.17, 15) is 15.0 Å². The molecule has 2 atom stereocenters. The molecule has 0 spiro atoms. The van der Waals surface area contributed by atoms with Gasteiger partial charge in [0.15, 0.2) is 16.1 Å². The summed E-state index contributed by atoms with van der Waals surface area (Å²) in [4.78, 5) is 10.9. The van der Waals surface area contributed by atoms with Crippen molar-refractivity contribution in [1.82, 2.24) is 20.0 Å². The topological polar surface area (TPSA) is 101 Å². The molecule has 112 valence electrons. The minimum Gasteiger partial charge on any atom is -0.389 e. The van der Waals surface area contributed by atoms with E-state index in [2.05, 4.69) is 15.3 Å². The lowest BCUT2D eigenvalue weighted by Gasteiger charge is -2.15. The second-order valence-electron chi connectivity index (χ2n) is 4.25. The van der Waals surface area contributed by atoms with Gasteiger partial charge in [-0.1, -0.05) is 23.4 Å². The van der Waals surface area contributed by atoms with Crippen molar-refractivity contribution < 1.29 is 15.0 Å². The van der Waals surface area contributed by atoms with Crippen LogP contribution < -0.4 is 0 Å². The van der Waals surface area contributed by atoms with Crippen LogP contribution in [0.25, 0.3) is 5.82 Å². The monoisotopic (exact) mass is 328 g/mol. The van der Waals surface area contributed by atoms with Crippen LogP contribution in [0, 0.1) is 0 Å². The van der Waals surface area contributed by atoms with Crippen molar-refractivity contribution in [3.63, 3.8) is 0 Å². The van der Waals surface area contributed by atoms with E-state index in [0.29, 0.717) is 11.4 Å². The SMILES string of the molecule is CC(=O)SCC(O)C(O)c1cnn(-c2ccc(Cl)nn2)c1. The minimum atomic E-state index is -1.13. The van der Waals surface area contributed by atoms with Crippen LogP contribution in [0.5, 0.6) is 0 Å². The van der Waals surface area contributed by atoms with E-state index in [-0.39, 0.29) is 16.0 Å². The Bertz CT molecular complexity index is 619. The molecule has 0 aliphatic carbocycles. The highest BCUT2D eigenvalue weighted by Gasteiger charge is 2.21. The van der Waals surface area contributed by atoms with Crippen LogP contribution in [0.15, 0.2) is 24.5 Å². The molecule has 0 bridgehead atoms. The van der Waals surface area contributed by atoms with Crippen LogP contribution in [-0.2, 0) is 4.79 Å². The van der Waals surface area contributed by atoms with Gasteiger partial charge >= 0.3 is 0 Å². The molecule has 21 heavy (non-hydrogen) atoms. The number of hydrogen-bond donors (Lipinski definition) is 2. The molecule has 9 heteroatoms. The van der Waals surface area contributed by atoms with Gasteiger partial charge in [0.1, 0.15) is 6.10 Å². The molecular formula is C12H13ClN4O3S. The first-order valence-electron chi connectivity index (χ1n) is 6.01. The van der Waals surface area contributed by atoms with E-state index < -0.39 is 12.2 Å². The molecule has 0 amide bonds. The predicted octanol–water partition coefficient (Wildman–Crippen LogP) is 0.990. The Labute approximate surface area is 130 Å². The standard InChI is InChI=1S/C12H13ClN4O3S/c1-7(18)21-6-9(19)12(20)8-4-14-17(5-8)11-3-2-10(13)15-16-11/h2-5,9,12,19-20H,6H2,1H3. The summed E-state index contributed by atoms with van der Waals surface area (Å²) < 4.78 is 1.41. The van der Waals surface area contributed by atoms with Crippen LogP contribution in [-0.4, -0.2) is 47.2 Å². The van der Waals surface area contributed by atoms with Gasteiger partial charge < -0.3 is 10.2 Å². The van der Waals surface area contributed by atoms with E-state index in [1.807, 2.05) is 0 Å². The van der Waals surface area contributed by atoms with Crippen molar-refractivity contribution in [2.45, 2.75) is 19.1 Å². The largest absolute Gasteiger partial charge is 0.389 e. The summed E-state index contributed by atoms with van der Waals surface area (Å²) in [6.07, 6.45) is 0.756. The molecule has 2 N–H and O–H groups in total. The summed E-state index contributed by atoms with van der Waals surface area (Å²) in [5.74, 6) is 0.549. The number of aromatic nitrogens is 4. The van der Waals surface area contributed by atoms with E-state index in [1.54, 1.807) is 12.1 Å².